The van der Waals surface area contributed by atoms with Gasteiger partial charge in [0.05, 0.1) is 10.3 Å². The largest absolute Gasteiger partial charge is 0.463 e. The third-order valence-electron chi connectivity index (χ3n) is 8.26. The van der Waals surface area contributed by atoms with Crippen LogP contribution in [0.2, 0.25) is 0 Å². The highest BCUT2D eigenvalue weighted by molar-refractivity contribution is 6.01. The average molecular weight is 591 g/mol. The Kier molecular flexibility index (Phi) is 8.21. The SMILES string of the molecule is CC1(C)c2ccccc2N(CCC(=O)NCCCCCC(=O)ON2C(=O)CCC2=O)C12C=Cc1cc([N+](=O)[O-])ccc1O2. The van der Waals surface area contributed by atoms with E-state index in [1.807, 2.05) is 30.4 Å². The van der Waals surface area contributed by atoms with Crippen molar-refractivity contribution in [3.8, 4) is 5.75 Å². The first kappa shape index (κ1) is 29.7. The molecule has 0 bridgehead atoms. The van der Waals surface area contributed by atoms with Gasteiger partial charge in [-0.15, -0.1) is 5.06 Å². The Morgan fingerprint density at radius 1 is 1.05 bits per heavy atom. The van der Waals surface area contributed by atoms with Crippen molar-refractivity contribution >= 4 is 41.1 Å². The molecule has 1 unspecified atom stereocenters. The fourth-order valence-corrected chi connectivity index (χ4v) is 5.90. The van der Waals surface area contributed by atoms with E-state index in [1.54, 1.807) is 6.07 Å². The van der Waals surface area contributed by atoms with Crippen LogP contribution in [0.4, 0.5) is 11.4 Å². The van der Waals surface area contributed by atoms with Gasteiger partial charge in [0.15, 0.2) is 0 Å². The van der Waals surface area contributed by atoms with Gasteiger partial charge in [-0.25, -0.2) is 4.79 Å². The highest BCUT2D eigenvalue weighted by atomic mass is 16.7. The number of nitro benzene ring substituents is 1. The van der Waals surface area contributed by atoms with Crippen molar-refractivity contribution in [1.82, 2.24) is 10.4 Å². The van der Waals surface area contributed by atoms with Crippen molar-refractivity contribution in [2.24, 2.45) is 0 Å². The number of amides is 3. The van der Waals surface area contributed by atoms with Crippen LogP contribution in [0.25, 0.3) is 6.08 Å². The number of carbonyl (C=O) groups is 4. The number of fused-ring (bicyclic) bond motifs is 2. The van der Waals surface area contributed by atoms with E-state index in [-0.39, 0.29) is 37.3 Å². The maximum atomic E-state index is 12.8. The molecule has 0 saturated carbocycles. The van der Waals surface area contributed by atoms with Gasteiger partial charge in [-0.2, -0.15) is 0 Å². The van der Waals surface area contributed by atoms with E-state index >= 15 is 0 Å². The number of non-ortho nitro benzene ring substituents is 1. The van der Waals surface area contributed by atoms with Gasteiger partial charge in [-0.1, -0.05) is 24.6 Å². The number of benzene rings is 2. The minimum Gasteiger partial charge on any atom is -0.463 e. The normalized spacial score (nSPS) is 19.7. The van der Waals surface area contributed by atoms with Crippen molar-refractivity contribution in [3.63, 3.8) is 0 Å². The molecule has 5 rings (SSSR count). The number of unbranched alkanes of at least 4 members (excludes halogenated alkanes) is 2. The first-order valence-electron chi connectivity index (χ1n) is 14.4. The lowest BCUT2D eigenvalue weighted by atomic mass is 9.76. The predicted molar refractivity (Wildman–Crippen MR) is 156 cm³/mol. The van der Waals surface area contributed by atoms with Gasteiger partial charge in [0.25, 0.3) is 17.5 Å². The van der Waals surface area contributed by atoms with Crippen LogP contribution in [0.3, 0.4) is 0 Å². The quantitative estimate of drug-likeness (QED) is 0.176. The van der Waals surface area contributed by atoms with Crippen molar-refractivity contribution in [2.75, 3.05) is 18.0 Å². The summed E-state index contributed by atoms with van der Waals surface area (Å²) in [6, 6.07) is 12.5. The summed E-state index contributed by atoms with van der Waals surface area (Å²) in [7, 11) is 0. The molecule has 2 aromatic rings. The third kappa shape index (κ3) is 5.69. The summed E-state index contributed by atoms with van der Waals surface area (Å²) in [6.07, 6.45) is 5.98. The zero-order valence-corrected chi connectivity index (χ0v) is 24.2. The molecular formula is C31H34N4O8. The lowest BCUT2D eigenvalue weighted by Crippen LogP contribution is -2.60. The van der Waals surface area contributed by atoms with Crippen molar-refractivity contribution in [1.29, 1.82) is 0 Å². The smallest absolute Gasteiger partial charge is 0.333 e. The number of para-hydroxylation sites is 1. The van der Waals surface area contributed by atoms with E-state index in [0.717, 1.165) is 11.3 Å². The number of hydroxylamine groups is 2. The fraction of sp³-hybridized carbons (Fsp3) is 0.419. The molecule has 0 radical (unpaired) electrons. The van der Waals surface area contributed by atoms with E-state index in [0.29, 0.717) is 48.7 Å². The van der Waals surface area contributed by atoms with Crippen molar-refractivity contribution < 1.29 is 33.7 Å². The Balaban J connectivity index is 1.15. The minimum atomic E-state index is -0.945. The summed E-state index contributed by atoms with van der Waals surface area (Å²) in [5.41, 5.74) is 1.18. The number of hydrogen-bond donors (Lipinski definition) is 1. The topological polar surface area (TPSA) is 148 Å². The number of nitrogens with zero attached hydrogens (tertiary/aromatic N) is 3. The van der Waals surface area contributed by atoms with Crippen LogP contribution in [-0.2, 0) is 29.4 Å². The van der Waals surface area contributed by atoms with Crippen LogP contribution in [0.5, 0.6) is 5.75 Å². The monoisotopic (exact) mass is 590 g/mol. The highest BCUT2D eigenvalue weighted by Gasteiger charge is 2.58. The van der Waals surface area contributed by atoms with Gasteiger partial charge in [0, 0.05) is 62.2 Å². The van der Waals surface area contributed by atoms with Crippen LogP contribution in [-0.4, -0.2) is 52.5 Å². The first-order chi connectivity index (χ1) is 20.5. The maximum Gasteiger partial charge on any atom is 0.333 e. The van der Waals surface area contributed by atoms with Crippen molar-refractivity contribution in [3.05, 3.63) is 69.8 Å². The Labute approximate surface area is 248 Å². The molecular weight excluding hydrogens is 556 g/mol. The van der Waals surface area contributed by atoms with Gasteiger partial charge in [-0.3, -0.25) is 24.5 Å². The zero-order valence-electron chi connectivity index (χ0n) is 24.2. The first-order valence-corrected chi connectivity index (χ1v) is 14.4. The number of hydrogen-bond acceptors (Lipinski definition) is 9. The zero-order chi connectivity index (χ0) is 30.8. The van der Waals surface area contributed by atoms with Crippen molar-refractivity contribution in [2.45, 2.75) is 69.9 Å². The molecule has 43 heavy (non-hydrogen) atoms. The van der Waals surface area contributed by atoms with Gasteiger partial charge in [-0.05, 0) is 56.5 Å². The van der Waals surface area contributed by atoms with Crippen LogP contribution in [0.1, 0.15) is 69.9 Å². The average Bonchev–Trinajstić information content (AvgIpc) is 3.38. The number of anilines is 1. The standard InChI is InChI=1S/C31H34N4O8/c1-30(2)23-8-5-6-9-24(23)33(31(30)17-15-21-20-22(35(40)41)11-12-25(21)42-31)19-16-26(36)32-18-7-3-4-10-29(39)43-34-27(37)13-14-28(34)38/h5-6,8-9,11-12,15,17,20H,3-4,7,10,13-14,16,18-19H2,1-2H3,(H,32,36). The molecule has 1 N–H and O–H groups in total. The molecule has 1 fully saturated rings. The second kappa shape index (κ2) is 11.9. The molecule has 1 atom stereocenters. The number of carbonyl (C=O) groups excluding carboxylic acids is 4. The minimum absolute atomic E-state index is 0.0135. The molecule has 3 aliphatic heterocycles. The van der Waals surface area contributed by atoms with E-state index in [4.69, 9.17) is 9.57 Å². The summed E-state index contributed by atoms with van der Waals surface area (Å²) < 4.78 is 6.66. The molecule has 12 heteroatoms. The number of rotatable bonds is 11. The predicted octanol–water partition coefficient (Wildman–Crippen LogP) is 4.17. The molecule has 3 aliphatic rings. The molecule has 226 valence electrons. The molecule has 1 spiro atoms. The van der Waals surface area contributed by atoms with Crippen LogP contribution < -0.4 is 15.0 Å². The molecule has 3 amide bonds. The summed E-state index contributed by atoms with van der Waals surface area (Å²) in [5.74, 6) is -1.23. The summed E-state index contributed by atoms with van der Waals surface area (Å²) >= 11 is 0. The van der Waals surface area contributed by atoms with E-state index in [9.17, 15) is 29.3 Å². The molecule has 12 nitrogen and oxygen atoms in total. The molecule has 2 aromatic carbocycles. The Bertz CT molecular complexity index is 1490. The number of imide groups is 1. The van der Waals surface area contributed by atoms with Gasteiger partial charge in [0.2, 0.25) is 11.6 Å². The van der Waals surface area contributed by atoms with E-state index < -0.39 is 33.8 Å². The van der Waals surface area contributed by atoms with Gasteiger partial charge >= 0.3 is 5.97 Å². The third-order valence-corrected chi connectivity index (χ3v) is 8.26. The van der Waals surface area contributed by atoms with Crippen LogP contribution >= 0.6 is 0 Å². The summed E-state index contributed by atoms with van der Waals surface area (Å²) in [6.45, 7) is 4.98. The number of nitrogens with one attached hydrogen (secondary N) is 1. The van der Waals surface area contributed by atoms with Crippen LogP contribution in [0.15, 0.2) is 48.5 Å². The molecule has 3 heterocycles. The fourth-order valence-electron chi connectivity index (χ4n) is 5.90. The highest BCUT2D eigenvalue weighted by Crippen LogP contribution is 2.55. The maximum absolute atomic E-state index is 12.8. The Morgan fingerprint density at radius 3 is 2.53 bits per heavy atom. The number of nitro groups is 1. The van der Waals surface area contributed by atoms with E-state index in [1.165, 1.54) is 12.1 Å². The summed E-state index contributed by atoms with van der Waals surface area (Å²) in [5, 5.41) is 14.8. The van der Waals surface area contributed by atoms with Crippen LogP contribution in [0, 0.1) is 10.1 Å². The Hall–Kier alpha value is -4.74. The molecule has 1 saturated heterocycles. The Morgan fingerprint density at radius 2 is 1.79 bits per heavy atom. The number of ether oxygens (including phenoxy) is 1. The van der Waals surface area contributed by atoms with Gasteiger partial charge < -0.3 is 19.8 Å². The second-order valence-electron chi connectivity index (χ2n) is 11.4. The molecule has 0 aliphatic carbocycles. The summed E-state index contributed by atoms with van der Waals surface area (Å²) in [4.78, 5) is 65.7. The lowest BCUT2D eigenvalue weighted by molar-refractivity contribution is -0.384. The lowest BCUT2D eigenvalue weighted by Gasteiger charge is -2.47. The van der Waals surface area contributed by atoms with E-state index in [2.05, 4.69) is 30.1 Å². The molecule has 0 aromatic heterocycles. The second-order valence-corrected chi connectivity index (χ2v) is 11.4. The van der Waals surface area contributed by atoms with Gasteiger partial charge in [0.1, 0.15) is 5.75 Å².